The molecule has 0 aliphatic carbocycles. The van der Waals surface area contributed by atoms with E-state index in [2.05, 4.69) is 27.1 Å². The van der Waals surface area contributed by atoms with Crippen molar-refractivity contribution in [3.05, 3.63) is 30.4 Å². The van der Waals surface area contributed by atoms with Crippen molar-refractivity contribution < 1.29 is 9.21 Å². The van der Waals surface area contributed by atoms with E-state index in [-0.39, 0.29) is 5.91 Å². The molecule has 2 aromatic heterocycles. The van der Waals surface area contributed by atoms with Gasteiger partial charge in [-0.05, 0) is 19.2 Å². The molecule has 1 fully saturated rings. The van der Waals surface area contributed by atoms with E-state index in [4.69, 9.17) is 4.42 Å². The first-order chi connectivity index (χ1) is 10.7. The smallest absolute Gasteiger partial charge is 0.249 e. The van der Waals surface area contributed by atoms with E-state index in [0.717, 1.165) is 31.7 Å². The van der Waals surface area contributed by atoms with Gasteiger partial charge in [-0.2, -0.15) is 0 Å². The average Bonchev–Trinajstić information content (AvgIpc) is 3.03. The van der Waals surface area contributed by atoms with E-state index in [0.29, 0.717) is 24.6 Å². The number of amides is 1. The Morgan fingerprint density at radius 3 is 2.82 bits per heavy atom. The highest BCUT2D eigenvalue weighted by molar-refractivity contribution is 5.76. The lowest BCUT2D eigenvalue weighted by Gasteiger charge is -2.32. The van der Waals surface area contributed by atoms with Gasteiger partial charge in [0.1, 0.15) is 0 Å². The van der Waals surface area contributed by atoms with Crippen molar-refractivity contribution in [3.63, 3.8) is 0 Å². The molecule has 0 saturated carbocycles. The van der Waals surface area contributed by atoms with Gasteiger partial charge < -0.3 is 14.2 Å². The Morgan fingerprint density at radius 2 is 2.09 bits per heavy atom. The van der Waals surface area contributed by atoms with Gasteiger partial charge in [-0.3, -0.25) is 9.78 Å². The van der Waals surface area contributed by atoms with Crippen LogP contribution in [0, 0.1) is 0 Å². The molecule has 3 rings (SSSR count). The molecule has 7 nitrogen and oxygen atoms in total. The van der Waals surface area contributed by atoms with Crippen LogP contribution in [0.4, 0.5) is 0 Å². The van der Waals surface area contributed by atoms with Crippen molar-refractivity contribution in [3.8, 4) is 11.5 Å². The number of hydrogen-bond donors (Lipinski definition) is 0. The van der Waals surface area contributed by atoms with Crippen molar-refractivity contribution in [2.24, 2.45) is 0 Å². The minimum atomic E-state index is 0.147. The Labute approximate surface area is 129 Å². The van der Waals surface area contributed by atoms with E-state index < -0.39 is 0 Å². The molecular formula is C15H19N5O2. The van der Waals surface area contributed by atoms with Crippen LogP contribution in [0.2, 0.25) is 0 Å². The maximum atomic E-state index is 12.2. The number of aryl methyl sites for hydroxylation is 1. The van der Waals surface area contributed by atoms with Gasteiger partial charge in [-0.1, -0.05) is 0 Å². The van der Waals surface area contributed by atoms with E-state index in [9.17, 15) is 4.79 Å². The third-order valence-corrected chi connectivity index (χ3v) is 3.78. The van der Waals surface area contributed by atoms with Crippen molar-refractivity contribution >= 4 is 5.91 Å². The van der Waals surface area contributed by atoms with Crippen molar-refractivity contribution in [1.29, 1.82) is 0 Å². The Hall–Kier alpha value is -2.28. The topological polar surface area (TPSA) is 75.4 Å². The van der Waals surface area contributed by atoms with Crippen LogP contribution in [0.3, 0.4) is 0 Å². The Kier molecular flexibility index (Phi) is 4.43. The molecule has 116 valence electrons. The highest BCUT2D eigenvalue weighted by Crippen LogP contribution is 2.16. The van der Waals surface area contributed by atoms with Crippen LogP contribution in [-0.4, -0.2) is 64.1 Å². The summed E-state index contributed by atoms with van der Waals surface area (Å²) >= 11 is 0. The quantitative estimate of drug-likeness (QED) is 0.833. The minimum absolute atomic E-state index is 0.147. The summed E-state index contributed by atoms with van der Waals surface area (Å²) in [5.41, 5.74) is 0.784. The van der Waals surface area contributed by atoms with Gasteiger partial charge in [-0.25, -0.2) is 0 Å². The average molecular weight is 301 g/mol. The fourth-order valence-electron chi connectivity index (χ4n) is 2.39. The second-order valence-corrected chi connectivity index (χ2v) is 5.43. The largest absolute Gasteiger partial charge is 0.421 e. The number of piperazine rings is 1. The zero-order valence-corrected chi connectivity index (χ0v) is 12.6. The molecule has 0 atom stereocenters. The number of nitrogens with zero attached hydrogens (tertiary/aromatic N) is 5. The molecule has 0 bridgehead atoms. The molecule has 7 heteroatoms. The predicted octanol–water partition coefficient (Wildman–Crippen LogP) is 0.838. The van der Waals surface area contributed by atoms with Crippen LogP contribution in [0.25, 0.3) is 11.5 Å². The molecule has 1 aliphatic rings. The number of carbonyl (C=O) groups is 1. The van der Waals surface area contributed by atoms with E-state index in [1.165, 1.54) is 0 Å². The lowest BCUT2D eigenvalue weighted by atomic mass is 10.2. The van der Waals surface area contributed by atoms with E-state index in [1.807, 2.05) is 17.0 Å². The summed E-state index contributed by atoms with van der Waals surface area (Å²) in [6.07, 6.45) is 4.24. The second kappa shape index (κ2) is 6.65. The summed E-state index contributed by atoms with van der Waals surface area (Å²) < 4.78 is 5.58. The van der Waals surface area contributed by atoms with Crippen LogP contribution < -0.4 is 0 Å². The fraction of sp³-hybridized carbons (Fsp3) is 0.467. The van der Waals surface area contributed by atoms with Crippen molar-refractivity contribution in [2.75, 3.05) is 33.2 Å². The van der Waals surface area contributed by atoms with Gasteiger partial charge in [0.15, 0.2) is 0 Å². The highest BCUT2D eigenvalue weighted by atomic mass is 16.4. The fourth-order valence-corrected chi connectivity index (χ4v) is 2.39. The Bertz CT molecular complexity index is 620. The lowest BCUT2D eigenvalue weighted by molar-refractivity contribution is -0.132. The predicted molar refractivity (Wildman–Crippen MR) is 79.9 cm³/mol. The first-order valence-corrected chi connectivity index (χ1v) is 7.41. The number of pyridine rings is 1. The van der Waals surface area contributed by atoms with Gasteiger partial charge in [0, 0.05) is 51.4 Å². The first kappa shape index (κ1) is 14.6. The molecular weight excluding hydrogens is 282 g/mol. The Balaban J connectivity index is 1.54. The zero-order valence-electron chi connectivity index (χ0n) is 12.6. The van der Waals surface area contributed by atoms with Crippen LogP contribution in [0.15, 0.2) is 28.9 Å². The second-order valence-electron chi connectivity index (χ2n) is 5.43. The molecule has 0 spiro atoms. The maximum Gasteiger partial charge on any atom is 0.249 e. The lowest BCUT2D eigenvalue weighted by Crippen LogP contribution is -2.47. The zero-order chi connectivity index (χ0) is 15.4. The van der Waals surface area contributed by atoms with Crippen LogP contribution in [-0.2, 0) is 11.2 Å². The number of carbonyl (C=O) groups excluding carboxylic acids is 1. The Morgan fingerprint density at radius 1 is 1.27 bits per heavy atom. The summed E-state index contributed by atoms with van der Waals surface area (Å²) in [6, 6.07) is 3.68. The number of hydrogen-bond acceptors (Lipinski definition) is 6. The third-order valence-electron chi connectivity index (χ3n) is 3.78. The summed E-state index contributed by atoms with van der Waals surface area (Å²) in [4.78, 5) is 20.3. The summed E-state index contributed by atoms with van der Waals surface area (Å²) in [5, 5.41) is 8.00. The summed E-state index contributed by atoms with van der Waals surface area (Å²) in [5.74, 6) is 1.07. The number of likely N-dealkylation sites (N-methyl/N-ethyl adjacent to an activating group) is 1. The number of rotatable bonds is 4. The van der Waals surface area contributed by atoms with E-state index >= 15 is 0 Å². The summed E-state index contributed by atoms with van der Waals surface area (Å²) in [7, 11) is 2.07. The maximum absolute atomic E-state index is 12.2. The van der Waals surface area contributed by atoms with Gasteiger partial charge >= 0.3 is 0 Å². The number of aromatic nitrogens is 3. The minimum Gasteiger partial charge on any atom is -0.421 e. The molecule has 0 N–H and O–H groups in total. The molecule has 22 heavy (non-hydrogen) atoms. The molecule has 1 amide bonds. The molecule has 2 aromatic rings. The highest BCUT2D eigenvalue weighted by Gasteiger charge is 2.19. The SMILES string of the molecule is CN1CCN(C(=O)CCc2nnc(-c3cccnc3)o2)CC1. The molecule has 3 heterocycles. The van der Waals surface area contributed by atoms with Crippen LogP contribution in [0.5, 0.6) is 0 Å². The molecule has 0 aromatic carbocycles. The monoisotopic (exact) mass is 301 g/mol. The van der Waals surface area contributed by atoms with Gasteiger partial charge in [-0.15, -0.1) is 10.2 Å². The van der Waals surface area contributed by atoms with Crippen LogP contribution in [0.1, 0.15) is 12.3 Å². The first-order valence-electron chi connectivity index (χ1n) is 7.41. The van der Waals surface area contributed by atoms with Crippen LogP contribution >= 0.6 is 0 Å². The third kappa shape index (κ3) is 3.48. The van der Waals surface area contributed by atoms with Gasteiger partial charge in [0.25, 0.3) is 0 Å². The van der Waals surface area contributed by atoms with Crippen molar-refractivity contribution in [1.82, 2.24) is 25.0 Å². The van der Waals surface area contributed by atoms with Crippen molar-refractivity contribution in [2.45, 2.75) is 12.8 Å². The molecule has 0 unspecified atom stereocenters. The molecule has 0 radical (unpaired) electrons. The summed E-state index contributed by atoms with van der Waals surface area (Å²) in [6.45, 7) is 3.44. The van der Waals surface area contributed by atoms with Gasteiger partial charge in [0.2, 0.25) is 17.7 Å². The normalized spacial score (nSPS) is 16.0. The van der Waals surface area contributed by atoms with E-state index in [1.54, 1.807) is 12.4 Å². The molecule has 1 aliphatic heterocycles. The van der Waals surface area contributed by atoms with Gasteiger partial charge in [0.05, 0.1) is 5.56 Å². The molecule has 1 saturated heterocycles. The standard InChI is InChI=1S/C15H19N5O2/c1-19-7-9-20(10-8-19)14(21)5-4-13-17-18-15(22-13)12-3-2-6-16-11-12/h2-3,6,11H,4-5,7-10H2,1H3.